The Labute approximate surface area is 874 Å². The topological polar surface area (TPSA) is 160 Å². The second-order valence-electron chi connectivity index (χ2n) is 42.1. The third-order valence-electron chi connectivity index (χ3n) is 32.2. The van der Waals surface area contributed by atoms with Crippen LogP contribution in [0.4, 0.5) is 0 Å². The van der Waals surface area contributed by atoms with Gasteiger partial charge in [-0.2, -0.15) is 0 Å². The number of ether oxygens (including phenoxy) is 2. The number of benzene rings is 12. The van der Waals surface area contributed by atoms with Crippen LogP contribution in [0, 0.1) is 68.1 Å². The lowest BCUT2D eigenvalue weighted by Gasteiger charge is -2.19. The highest BCUT2D eigenvalue weighted by molar-refractivity contribution is 7.99. The summed E-state index contributed by atoms with van der Waals surface area (Å²) in [6.45, 7) is 15.7. The van der Waals surface area contributed by atoms with Crippen molar-refractivity contribution in [1.82, 2.24) is 0 Å². The summed E-state index contributed by atoms with van der Waals surface area (Å²) in [5, 5.41) is 78.4. The van der Waals surface area contributed by atoms with Gasteiger partial charge >= 0.3 is 0 Å². The van der Waals surface area contributed by atoms with Gasteiger partial charge in [0.2, 0.25) is 0 Å². The van der Waals surface area contributed by atoms with Crippen LogP contribution >= 0.6 is 0 Å². The largest absolute Gasteiger partial charge is 0.508 e. The van der Waals surface area contributed by atoms with Crippen molar-refractivity contribution in [3.63, 3.8) is 0 Å². The number of phenolic OH excluding ortho intramolecular Hbond substituents is 4. The molecule has 5 aliphatic carbocycles. The van der Waals surface area contributed by atoms with E-state index in [4.69, 9.17) is 24.8 Å². The zero-order valence-corrected chi connectivity index (χ0v) is 93.4. The maximum absolute atomic E-state index is 10.5. The maximum Gasteiger partial charge on any atom is 0.163 e. The first-order chi connectivity index (χ1) is 69.1. The highest BCUT2D eigenvalue weighted by atomic mass is 32.2. The monoisotopic (exact) mass is 2070 g/mol. The van der Waals surface area contributed by atoms with Gasteiger partial charge in [0.05, 0.1) is 25.9 Å². The summed E-state index contributed by atoms with van der Waals surface area (Å²) in [6, 6.07) is 72.8. The Kier molecular flexibility index (Phi) is 39.6. The van der Waals surface area contributed by atoms with Crippen LogP contribution in [0.25, 0.3) is 43.1 Å². The van der Waals surface area contributed by atoms with Crippen LogP contribution in [0.2, 0.25) is 0 Å². The number of aryl methyl sites for hydroxylation is 5. The molecule has 11 fully saturated rings. The van der Waals surface area contributed by atoms with Gasteiger partial charge in [-0.1, -0.05) is 119 Å². The average molecular weight is 2070 g/mol. The molecule has 6 aliphatic heterocycles. The number of phenols is 5. The molecule has 0 aromatic heterocycles. The molecule has 6 heterocycles. The number of aliphatic hydroxyl groups is 2. The highest BCUT2D eigenvalue weighted by Gasteiger charge is 2.59. The van der Waals surface area contributed by atoms with Crippen LogP contribution in [0.5, 0.6) is 40.2 Å². The number of aliphatic hydroxyl groups excluding tert-OH is 2. The van der Waals surface area contributed by atoms with Gasteiger partial charge in [0.1, 0.15) is 134 Å². The molecule has 23 rings (SSSR count). The Bertz CT molecular complexity index is 5980. The first-order valence-corrected chi connectivity index (χ1v) is 67.2. The van der Waals surface area contributed by atoms with Crippen molar-refractivity contribution < 1.29 is 45.2 Å². The second-order valence-corrected chi connectivity index (χ2v) is 59.8. The lowest BCUT2D eigenvalue weighted by atomic mass is 9.82. The van der Waals surface area contributed by atoms with Crippen molar-refractivity contribution in [3.05, 3.63) is 245 Å². The van der Waals surface area contributed by atoms with E-state index in [2.05, 4.69) is 199 Å². The molecule has 0 amide bonds. The molecule has 10 atom stereocenters. The second kappa shape index (κ2) is 52.2. The fraction of sp³-hybridized carbons (Fsp3) is 0.488. The quantitative estimate of drug-likeness (QED) is 0.0259. The number of unbranched alkanes of at least 4 members (excludes halogenated alkanes) is 3. The van der Waals surface area contributed by atoms with Gasteiger partial charge < -0.3 is 45.2 Å². The van der Waals surface area contributed by atoms with Gasteiger partial charge in [0.25, 0.3) is 0 Å². The molecule has 0 radical (unpaired) electrons. The zero-order valence-electron chi connectivity index (χ0n) is 86.9. The van der Waals surface area contributed by atoms with Gasteiger partial charge in [-0.15, -0.1) is 0 Å². The molecular formula is C125H164O9S8+8. The molecule has 7 N–H and O–H groups in total. The summed E-state index contributed by atoms with van der Waals surface area (Å²) in [7, 11) is 3.09. The van der Waals surface area contributed by atoms with E-state index in [1.807, 2.05) is 62.4 Å². The van der Waals surface area contributed by atoms with E-state index in [9.17, 15) is 20.4 Å². The number of rotatable bonds is 22. The molecule has 6 saturated heterocycles. The molecule has 142 heavy (non-hydrogen) atoms. The Hall–Kier alpha value is -7.00. The van der Waals surface area contributed by atoms with Gasteiger partial charge in [0, 0.05) is 184 Å². The minimum Gasteiger partial charge on any atom is -0.508 e. The minimum atomic E-state index is -0.177. The van der Waals surface area contributed by atoms with Crippen molar-refractivity contribution >= 4 is 130 Å². The fourth-order valence-corrected chi connectivity index (χ4v) is 42.4. The molecule has 10 unspecified atom stereocenters. The molecule has 4 bridgehead atoms. The molecule has 12 aromatic rings. The van der Waals surface area contributed by atoms with E-state index in [0.717, 1.165) is 106 Å². The van der Waals surface area contributed by atoms with E-state index < -0.39 is 0 Å². The lowest BCUT2D eigenvalue weighted by molar-refractivity contribution is 0.212. The van der Waals surface area contributed by atoms with Crippen molar-refractivity contribution in [3.8, 4) is 40.2 Å². The molecule has 17 heteroatoms. The Morgan fingerprint density at radius 3 is 1.22 bits per heavy atom. The Morgan fingerprint density at radius 2 is 0.761 bits per heavy atom. The highest BCUT2D eigenvalue weighted by Crippen LogP contribution is 2.59. The summed E-state index contributed by atoms with van der Waals surface area (Å²) in [6.07, 6.45) is 43.5. The van der Waals surface area contributed by atoms with Gasteiger partial charge in [0.15, 0.2) is 39.2 Å². The van der Waals surface area contributed by atoms with Crippen LogP contribution in [0.1, 0.15) is 221 Å². The molecule has 12 aromatic carbocycles. The molecule has 0 spiro atoms. The normalized spacial score (nSPS) is 23.0. The van der Waals surface area contributed by atoms with Gasteiger partial charge in [-0.3, -0.25) is 0 Å². The van der Waals surface area contributed by atoms with E-state index in [1.54, 1.807) is 45.7 Å². The van der Waals surface area contributed by atoms with Crippen molar-refractivity contribution in [1.29, 1.82) is 0 Å². The third kappa shape index (κ3) is 26.4. The lowest BCUT2D eigenvalue weighted by Crippen LogP contribution is -2.19. The Balaban J connectivity index is 0.000000119. The maximum atomic E-state index is 10.5. The van der Waals surface area contributed by atoms with Gasteiger partial charge in [-0.05, 0) is 335 Å². The van der Waals surface area contributed by atoms with Crippen molar-refractivity contribution in [2.75, 3.05) is 94.9 Å². The Morgan fingerprint density at radius 1 is 0.345 bits per heavy atom. The van der Waals surface area contributed by atoms with Gasteiger partial charge in [-0.25, -0.2) is 0 Å². The fourth-order valence-electron chi connectivity index (χ4n) is 24.3. The summed E-state index contributed by atoms with van der Waals surface area (Å²) >= 11 is 0. The first-order valence-electron chi connectivity index (χ1n) is 53.8. The predicted octanol–water partition coefficient (Wildman–Crippen LogP) is 29.0. The van der Waals surface area contributed by atoms with Crippen LogP contribution in [0.15, 0.2) is 245 Å². The molecule has 9 nitrogen and oxygen atoms in total. The first kappa shape index (κ1) is 108. The minimum absolute atomic E-state index is 0.0385. The van der Waals surface area contributed by atoms with Crippen molar-refractivity contribution in [2.24, 2.45) is 47.3 Å². The van der Waals surface area contributed by atoms with Crippen LogP contribution in [0.3, 0.4) is 0 Å². The zero-order chi connectivity index (χ0) is 99.5. The average Bonchev–Trinajstić information content (AvgIpc) is 1.59. The standard InChI is InChI=1S/C24H29OS.C23H29OS.C18H28OS.C15H17S.C13H18OS.C12H16O3S.C12H12OS.C8H10OS/c1-2-6-18(5-1)25-23-11-12-24(20-8-4-3-7-19(20)23)26-14-21-16-9-10-17(13-16)22(21)15-26;1-2-3-12-24-22-10-11-23(19-7-5-4-6-18(19)22)25-14-20-16-8-9-17(13-16)21(20)15-25;1-3-5-9-15-13-17(20-11-7-8-12-20)14-16(18(15)19)10-6-4-2;1-12-8-9-15(16-10-4-5-11-16)14-7-3-2-6-13(12)14;1-9-7-12(8-10(2)13(9)14)15-6-4-5-11(15)3;13-7-9-5-11(16-3-1-2-4-16)6-10(8-14)12(9)15;1-14(2)12-8-7-11(13)9-5-3-4-6-10(9)12;1-10(2)8-5-3-7(9)4-6-8/h3-4,7-8,11-12,16-18,21-22H,1-2,5-6,9-10,13-15H2;4-7,10-11,16-17,20-21H,2-3,8-9,12-15H2,1H3;13-14H,3-12H2,1-2H3;2-3,6-9H,4-5,10-11H2,1H3;7-8,11H,4-6H2,1-3H3;5-6,13-14H,1-4,7-8H2;3-8H,1-2H3;3-6H,1-2H3/q2*+1;;+1;;;;/p+5. The number of aromatic hydroxyl groups is 5. The number of hydrogen-bond acceptors (Lipinski definition) is 9. The smallest absolute Gasteiger partial charge is 0.163 e. The molecule has 758 valence electrons. The number of hydrogen-bond donors (Lipinski definition) is 7. The van der Waals surface area contributed by atoms with Crippen LogP contribution in [-0.4, -0.2) is 142 Å². The third-order valence-corrected chi connectivity index (χ3v) is 50.0. The number of fused-ring (bicyclic) bond motifs is 14. The van der Waals surface area contributed by atoms with Crippen LogP contribution < -0.4 is 9.47 Å². The summed E-state index contributed by atoms with van der Waals surface area (Å²) in [5.41, 5.74) is 6.92. The SMILES string of the molecule is CCCCOc1ccc([S+]2CC3C4CCC(C4)C3C2)c2ccccc12.CCCCc1cc([S+]2CCCC2)cc(CCCC)c1O.C[S+](C)c1ccc(O)c2ccccc12.C[S+](C)c1ccc(O)cc1.Cc1cc([S+]2CCCC2C)cc(C)c1O.Cc1ccc([S+]2CCCC2)c2ccccc12.OCc1cc([S+]2CCCC2)cc(CO)c1O.c1ccc2c([S+]3CC4C5CCC(C5)C4C3)ccc(OC3CCCC3)c2c1. The van der Waals surface area contributed by atoms with E-state index in [-0.39, 0.29) is 40.8 Å². The van der Waals surface area contributed by atoms with Crippen LogP contribution in [-0.2, 0) is 113 Å². The van der Waals surface area contributed by atoms with Crippen molar-refractivity contribution in [2.45, 2.75) is 279 Å². The molecular weight excluding hydrogens is 1900 g/mol. The van der Waals surface area contributed by atoms with E-state index in [0.29, 0.717) is 106 Å². The summed E-state index contributed by atoms with van der Waals surface area (Å²) in [4.78, 5) is 11.6. The molecule has 5 saturated carbocycles. The summed E-state index contributed by atoms with van der Waals surface area (Å²) in [5.74, 6) is 27.6. The molecule has 11 aliphatic rings. The van der Waals surface area contributed by atoms with E-state index in [1.165, 1.54) is 277 Å². The van der Waals surface area contributed by atoms with E-state index >= 15 is 0 Å². The predicted molar refractivity (Wildman–Crippen MR) is 621 cm³/mol. The summed E-state index contributed by atoms with van der Waals surface area (Å²) < 4.78 is 12.5.